The van der Waals surface area contributed by atoms with Gasteiger partial charge in [0.15, 0.2) is 5.82 Å². The zero-order chi connectivity index (χ0) is 19.6. The Bertz CT molecular complexity index is 713. The van der Waals surface area contributed by atoms with Gasteiger partial charge < -0.3 is 14.8 Å². The van der Waals surface area contributed by atoms with Crippen LogP contribution < -0.4 is 10.1 Å². The van der Waals surface area contributed by atoms with E-state index in [0.29, 0.717) is 12.4 Å². The molecule has 1 aromatic carbocycles. The highest BCUT2D eigenvalue weighted by molar-refractivity contribution is 5.28. The Morgan fingerprint density at radius 1 is 1.14 bits per heavy atom. The average molecular weight is 388 g/mol. The van der Waals surface area contributed by atoms with Crippen LogP contribution in [-0.2, 0) is 24.9 Å². The number of hydrogen-bond donors (Lipinski definition) is 1. The van der Waals surface area contributed by atoms with Crippen molar-refractivity contribution in [3.8, 4) is 5.75 Å². The van der Waals surface area contributed by atoms with E-state index >= 15 is 0 Å². The van der Waals surface area contributed by atoms with Crippen molar-refractivity contribution >= 4 is 5.95 Å². The third-order valence-electron chi connectivity index (χ3n) is 4.96. The van der Waals surface area contributed by atoms with Crippen molar-refractivity contribution in [2.45, 2.75) is 45.3 Å². The fourth-order valence-corrected chi connectivity index (χ4v) is 3.51. The highest BCUT2D eigenvalue weighted by Crippen LogP contribution is 2.18. The molecular weight excluding hydrogens is 354 g/mol. The maximum Gasteiger partial charge on any atom is 0.221 e. The molecule has 0 saturated carbocycles. The molecule has 0 amide bonds. The van der Waals surface area contributed by atoms with Crippen molar-refractivity contribution in [1.82, 2.24) is 19.7 Å². The average Bonchev–Trinajstić information content (AvgIpc) is 3.05. The van der Waals surface area contributed by atoms with Gasteiger partial charge >= 0.3 is 0 Å². The molecule has 1 aliphatic heterocycles. The van der Waals surface area contributed by atoms with Crippen molar-refractivity contribution in [2.24, 2.45) is 7.05 Å². The van der Waals surface area contributed by atoms with Crippen LogP contribution in [0.1, 0.15) is 43.5 Å². The first kappa shape index (κ1) is 20.6. The van der Waals surface area contributed by atoms with Gasteiger partial charge in [-0.25, -0.2) is 4.68 Å². The van der Waals surface area contributed by atoms with Crippen LogP contribution in [-0.4, -0.2) is 53.0 Å². The Balaban J connectivity index is 1.33. The van der Waals surface area contributed by atoms with Crippen LogP contribution in [0.15, 0.2) is 24.3 Å². The molecule has 1 aliphatic rings. The molecule has 1 aromatic heterocycles. The predicted molar refractivity (Wildman–Crippen MR) is 111 cm³/mol. The number of ether oxygens (including phenoxy) is 2. The summed E-state index contributed by atoms with van der Waals surface area (Å²) >= 11 is 0. The molecule has 3 rings (SSSR count). The largest absolute Gasteiger partial charge is 0.494 e. The maximum atomic E-state index is 5.95. The summed E-state index contributed by atoms with van der Waals surface area (Å²) in [7, 11) is 3.53. The number of aromatic nitrogens is 3. The van der Waals surface area contributed by atoms with Crippen LogP contribution >= 0.6 is 0 Å². The van der Waals surface area contributed by atoms with E-state index in [9.17, 15) is 0 Å². The lowest BCUT2D eigenvalue weighted by atomic mass is 10.1. The van der Waals surface area contributed by atoms with E-state index in [1.807, 2.05) is 7.05 Å². The number of benzene rings is 1. The van der Waals surface area contributed by atoms with Crippen LogP contribution in [0.4, 0.5) is 5.95 Å². The minimum Gasteiger partial charge on any atom is -0.494 e. The second kappa shape index (κ2) is 11.0. The minimum absolute atomic E-state index is 0.431. The van der Waals surface area contributed by atoms with Crippen LogP contribution in [0.25, 0.3) is 0 Å². The van der Waals surface area contributed by atoms with Crippen molar-refractivity contribution in [3.63, 3.8) is 0 Å². The van der Waals surface area contributed by atoms with Crippen molar-refractivity contribution in [1.29, 1.82) is 0 Å². The number of rotatable bonds is 11. The van der Waals surface area contributed by atoms with Gasteiger partial charge in [-0.1, -0.05) is 18.6 Å². The highest BCUT2D eigenvalue weighted by atomic mass is 16.5. The Kier molecular flexibility index (Phi) is 8.11. The lowest BCUT2D eigenvalue weighted by molar-refractivity contribution is 0.177. The predicted octanol–water partition coefficient (Wildman–Crippen LogP) is 3.22. The van der Waals surface area contributed by atoms with Gasteiger partial charge in [0.05, 0.1) is 6.61 Å². The number of methoxy groups -OCH3 is 1. The lowest BCUT2D eigenvalue weighted by Gasteiger charge is -2.26. The third-order valence-corrected chi connectivity index (χ3v) is 4.96. The monoisotopic (exact) mass is 387 g/mol. The summed E-state index contributed by atoms with van der Waals surface area (Å²) in [5.74, 6) is 2.44. The summed E-state index contributed by atoms with van der Waals surface area (Å²) in [6, 6.07) is 8.53. The molecule has 0 unspecified atom stereocenters. The SMILES string of the molecule is COCc1nc(NCCCCOc2cccc(CN3CCCCC3)c2)n(C)n1. The van der Waals surface area contributed by atoms with Crippen molar-refractivity contribution < 1.29 is 9.47 Å². The Labute approximate surface area is 168 Å². The van der Waals surface area contributed by atoms with E-state index in [0.717, 1.165) is 44.2 Å². The van der Waals surface area contributed by atoms with Crippen LogP contribution in [0.3, 0.4) is 0 Å². The molecule has 1 saturated heterocycles. The van der Waals surface area contributed by atoms with Crippen LogP contribution in [0.2, 0.25) is 0 Å². The van der Waals surface area contributed by atoms with Gasteiger partial charge in [-0.05, 0) is 56.5 Å². The first-order valence-corrected chi connectivity index (χ1v) is 10.3. The van der Waals surface area contributed by atoms with Gasteiger partial charge in [-0.15, -0.1) is 0 Å². The Morgan fingerprint density at radius 2 is 2.00 bits per heavy atom. The summed E-state index contributed by atoms with van der Waals surface area (Å²) in [6.45, 7) is 5.47. The van der Waals surface area contributed by atoms with Gasteiger partial charge in [0.1, 0.15) is 12.4 Å². The number of likely N-dealkylation sites (tertiary alicyclic amines) is 1. The van der Waals surface area contributed by atoms with E-state index in [1.54, 1.807) is 11.8 Å². The van der Waals surface area contributed by atoms with Gasteiger partial charge in [-0.2, -0.15) is 10.1 Å². The van der Waals surface area contributed by atoms with Gasteiger partial charge in [-0.3, -0.25) is 4.90 Å². The van der Waals surface area contributed by atoms with Gasteiger partial charge in [0.2, 0.25) is 5.95 Å². The number of aryl methyl sites for hydroxylation is 1. The molecule has 0 bridgehead atoms. The number of nitrogens with one attached hydrogen (secondary N) is 1. The summed E-state index contributed by atoms with van der Waals surface area (Å²) in [5, 5.41) is 7.61. The third kappa shape index (κ3) is 6.49. The molecule has 0 aliphatic carbocycles. The number of nitrogens with zero attached hydrogens (tertiary/aromatic N) is 4. The maximum absolute atomic E-state index is 5.95. The Hall–Kier alpha value is -2.12. The summed E-state index contributed by atoms with van der Waals surface area (Å²) < 4.78 is 12.8. The summed E-state index contributed by atoms with van der Waals surface area (Å²) in [6.07, 6.45) is 6.03. The molecule has 2 aromatic rings. The fourth-order valence-electron chi connectivity index (χ4n) is 3.51. The quantitative estimate of drug-likeness (QED) is 0.597. The van der Waals surface area contributed by atoms with E-state index in [4.69, 9.17) is 9.47 Å². The number of hydrogen-bond acceptors (Lipinski definition) is 6. The molecule has 1 fully saturated rings. The Morgan fingerprint density at radius 3 is 2.82 bits per heavy atom. The van der Waals surface area contributed by atoms with Gasteiger partial charge in [0, 0.05) is 27.2 Å². The molecule has 7 nitrogen and oxygen atoms in total. The molecule has 1 N–H and O–H groups in total. The van der Waals surface area contributed by atoms with E-state index in [-0.39, 0.29) is 0 Å². The molecule has 28 heavy (non-hydrogen) atoms. The standard InChI is InChI=1S/C21H33N5O2/c1-25-21(23-20(24-25)17-27-2)22-11-4-7-14-28-19-10-8-9-18(15-19)16-26-12-5-3-6-13-26/h8-10,15H,3-7,11-14,16-17H2,1-2H3,(H,22,23,24). The first-order chi connectivity index (χ1) is 13.7. The first-order valence-electron chi connectivity index (χ1n) is 10.3. The van der Waals surface area contributed by atoms with E-state index in [2.05, 4.69) is 44.6 Å². The van der Waals surface area contributed by atoms with E-state index < -0.39 is 0 Å². The molecule has 0 atom stereocenters. The second-order valence-electron chi connectivity index (χ2n) is 7.37. The number of unbranched alkanes of at least 4 members (excludes halogenated alkanes) is 1. The number of anilines is 1. The summed E-state index contributed by atoms with van der Waals surface area (Å²) in [5.41, 5.74) is 1.34. The molecule has 154 valence electrons. The lowest BCUT2D eigenvalue weighted by Crippen LogP contribution is -2.29. The molecule has 2 heterocycles. The smallest absolute Gasteiger partial charge is 0.221 e. The van der Waals surface area contributed by atoms with Crippen LogP contribution in [0.5, 0.6) is 5.75 Å². The van der Waals surface area contributed by atoms with Gasteiger partial charge in [0.25, 0.3) is 0 Å². The molecule has 0 spiro atoms. The molecule has 0 radical (unpaired) electrons. The zero-order valence-electron chi connectivity index (χ0n) is 17.2. The van der Waals surface area contributed by atoms with E-state index in [1.165, 1.54) is 37.9 Å². The number of piperidine rings is 1. The zero-order valence-corrected chi connectivity index (χ0v) is 17.2. The van der Waals surface area contributed by atoms with Crippen molar-refractivity contribution in [2.75, 3.05) is 38.7 Å². The second-order valence-corrected chi connectivity index (χ2v) is 7.37. The highest BCUT2D eigenvalue weighted by Gasteiger charge is 2.10. The fraction of sp³-hybridized carbons (Fsp3) is 0.619. The van der Waals surface area contributed by atoms with Crippen molar-refractivity contribution in [3.05, 3.63) is 35.7 Å². The summed E-state index contributed by atoms with van der Waals surface area (Å²) in [4.78, 5) is 6.94. The topological polar surface area (TPSA) is 64.4 Å². The molecule has 7 heteroatoms. The normalized spacial score (nSPS) is 14.9. The minimum atomic E-state index is 0.431. The molecular formula is C21H33N5O2. The van der Waals surface area contributed by atoms with Crippen LogP contribution in [0, 0.1) is 0 Å².